The van der Waals surface area contributed by atoms with Crippen LogP contribution in [0.4, 0.5) is 10.5 Å². The third-order valence-electron chi connectivity index (χ3n) is 8.37. The molecule has 2 saturated heterocycles. The summed E-state index contributed by atoms with van der Waals surface area (Å²) in [6, 6.07) is 5.05. The average molecular weight is 585 g/mol. The summed E-state index contributed by atoms with van der Waals surface area (Å²) in [5.74, 6) is -0.117. The maximum atomic E-state index is 13.3. The average Bonchev–Trinajstić information content (AvgIpc) is 3.14. The van der Waals surface area contributed by atoms with E-state index in [1.54, 1.807) is 16.2 Å². The van der Waals surface area contributed by atoms with Crippen molar-refractivity contribution in [1.82, 2.24) is 24.7 Å². The smallest absolute Gasteiger partial charge is 0.407 e. The third-order valence-corrected chi connectivity index (χ3v) is 8.37. The lowest BCUT2D eigenvalue weighted by molar-refractivity contribution is -0.135. The molecular weight excluding hydrogens is 540 g/mol. The van der Waals surface area contributed by atoms with Crippen LogP contribution >= 0.6 is 0 Å². The van der Waals surface area contributed by atoms with E-state index in [1.165, 1.54) is 0 Å². The van der Waals surface area contributed by atoms with E-state index in [4.69, 9.17) is 9.47 Å². The highest BCUT2D eigenvalue weighted by Gasteiger charge is 2.34. The molecule has 42 heavy (non-hydrogen) atoms. The minimum absolute atomic E-state index is 0.114. The van der Waals surface area contributed by atoms with E-state index in [0.29, 0.717) is 24.5 Å². The number of carbonyl (C=O) groups excluding carboxylic acids is 3. The van der Waals surface area contributed by atoms with Gasteiger partial charge in [-0.3, -0.25) is 28.9 Å². The minimum Gasteiger partial charge on any atom is -0.444 e. The molecule has 0 radical (unpaired) electrons. The number of para-hydroxylation sites is 1. The number of imide groups is 1. The molecule has 1 aromatic carbocycles. The number of fused-ring (bicyclic) bond motifs is 1. The van der Waals surface area contributed by atoms with Gasteiger partial charge in [0.15, 0.2) is 0 Å². The number of imidazole rings is 1. The van der Waals surface area contributed by atoms with Gasteiger partial charge >= 0.3 is 11.8 Å². The van der Waals surface area contributed by atoms with Crippen LogP contribution in [0.15, 0.2) is 23.0 Å². The molecule has 2 N–H and O–H groups in total. The van der Waals surface area contributed by atoms with Crippen molar-refractivity contribution in [2.75, 3.05) is 44.2 Å². The Morgan fingerprint density at radius 1 is 1.12 bits per heavy atom. The van der Waals surface area contributed by atoms with E-state index < -0.39 is 23.6 Å². The minimum atomic E-state index is -0.689. The Morgan fingerprint density at radius 2 is 1.83 bits per heavy atom. The molecule has 3 aliphatic rings. The molecule has 2 atom stereocenters. The highest BCUT2D eigenvalue weighted by Crippen LogP contribution is 2.33. The SMILES string of the molecule is CC(COC1CC(CN2CCN(c3cccc4c3n(C)c(=O)n4C3CCC(=O)NC3=O)CC2)C1)NC(=O)OC(C)(C)C. The van der Waals surface area contributed by atoms with Crippen molar-refractivity contribution in [3.05, 3.63) is 28.7 Å². The molecule has 12 heteroatoms. The number of hydrogen-bond acceptors (Lipinski definition) is 8. The normalized spacial score (nSPS) is 24.3. The molecule has 5 rings (SSSR count). The van der Waals surface area contributed by atoms with Gasteiger partial charge in [0.05, 0.1) is 35.5 Å². The van der Waals surface area contributed by atoms with Gasteiger partial charge in [-0.15, -0.1) is 0 Å². The second-order valence-corrected chi connectivity index (χ2v) is 13.0. The predicted octanol–water partition coefficient (Wildman–Crippen LogP) is 2.15. The van der Waals surface area contributed by atoms with Crippen molar-refractivity contribution in [3.8, 4) is 0 Å². The molecule has 2 unspecified atom stereocenters. The molecule has 3 amide bonds. The van der Waals surface area contributed by atoms with Gasteiger partial charge in [0, 0.05) is 46.2 Å². The van der Waals surface area contributed by atoms with Gasteiger partial charge < -0.3 is 19.7 Å². The molecule has 0 spiro atoms. The first-order valence-corrected chi connectivity index (χ1v) is 15.0. The van der Waals surface area contributed by atoms with E-state index in [-0.39, 0.29) is 30.2 Å². The summed E-state index contributed by atoms with van der Waals surface area (Å²) in [4.78, 5) is 54.2. The van der Waals surface area contributed by atoms with Crippen LogP contribution in [0.25, 0.3) is 11.0 Å². The van der Waals surface area contributed by atoms with Crippen LogP contribution < -0.4 is 21.2 Å². The van der Waals surface area contributed by atoms with Crippen LogP contribution in [-0.4, -0.2) is 89.0 Å². The number of amides is 3. The van der Waals surface area contributed by atoms with Gasteiger partial charge in [0.2, 0.25) is 11.8 Å². The molecule has 1 aliphatic carbocycles. The van der Waals surface area contributed by atoms with Gasteiger partial charge in [0.25, 0.3) is 0 Å². The van der Waals surface area contributed by atoms with E-state index in [1.807, 2.05) is 45.9 Å². The largest absolute Gasteiger partial charge is 0.444 e. The first kappa shape index (κ1) is 30.1. The lowest BCUT2D eigenvalue weighted by atomic mass is 9.81. The van der Waals surface area contributed by atoms with Crippen molar-refractivity contribution >= 4 is 34.6 Å². The number of nitrogens with zero attached hydrogens (tertiary/aromatic N) is 4. The highest BCUT2D eigenvalue weighted by molar-refractivity contribution is 6.00. The van der Waals surface area contributed by atoms with Gasteiger partial charge in [-0.1, -0.05) is 6.07 Å². The van der Waals surface area contributed by atoms with Crippen molar-refractivity contribution in [3.63, 3.8) is 0 Å². The van der Waals surface area contributed by atoms with Crippen LogP contribution in [0.5, 0.6) is 0 Å². The van der Waals surface area contributed by atoms with Crippen LogP contribution in [-0.2, 0) is 26.1 Å². The van der Waals surface area contributed by atoms with Crippen molar-refractivity contribution in [2.24, 2.45) is 13.0 Å². The topological polar surface area (TPSA) is 127 Å². The number of carbonyl (C=O) groups is 3. The standard InChI is InChI=1S/C30H44N6O6/c1-19(31-28(39)42-30(2,3)4)18-41-21-15-20(16-21)17-34-11-13-35(14-12-34)22-7-6-8-23-26(22)33(5)29(40)36(23)24-9-10-25(37)32-27(24)38/h6-8,19-21,24H,9-18H2,1-5H3,(H,31,39)(H,32,37,38). The maximum absolute atomic E-state index is 13.3. The van der Waals surface area contributed by atoms with E-state index in [2.05, 4.69) is 20.4 Å². The fraction of sp³-hybridized carbons (Fsp3) is 0.667. The summed E-state index contributed by atoms with van der Waals surface area (Å²) >= 11 is 0. The molecule has 2 aromatic rings. The first-order chi connectivity index (χ1) is 19.9. The van der Waals surface area contributed by atoms with E-state index in [9.17, 15) is 19.2 Å². The van der Waals surface area contributed by atoms with Crippen molar-refractivity contribution in [1.29, 1.82) is 0 Å². The number of ether oxygens (including phenoxy) is 2. The zero-order valence-electron chi connectivity index (χ0n) is 25.4. The second kappa shape index (κ2) is 12.1. The fourth-order valence-corrected chi connectivity index (χ4v) is 6.23. The lowest BCUT2D eigenvalue weighted by Gasteiger charge is -2.42. The molecule has 3 heterocycles. The zero-order chi connectivity index (χ0) is 30.2. The summed E-state index contributed by atoms with van der Waals surface area (Å²) in [5.41, 5.74) is 1.75. The summed E-state index contributed by atoms with van der Waals surface area (Å²) in [6.45, 7) is 12.5. The molecular formula is C30H44N6O6. The number of hydrogen-bond donors (Lipinski definition) is 2. The number of aryl methyl sites for hydroxylation is 1. The summed E-state index contributed by atoms with van der Waals surface area (Å²) < 4.78 is 14.5. The molecule has 3 fully saturated rings. The first-order valence-electron chi connectivity index (χ1n) is 15.0. The molecule has 12 nitrogen and oxygen atoms in total. The molecule has 1 saturated carbocycles. The molecule has 0 bridgehead atoms. The van der Waals surface area contributed by atoms with Crippen LogP contribution in [0.1, 0.15) is 59.4 Å². The quantitative estimate of drug-likeness (QED) is 0.452. The predicted molar refractivity (Wildman–Crippen MR) is 159 cm³/mol. The zero-order valence-corrected chi connectivity index (χ0v) is 25.4. The number of rotatable bonds is 8. The van der Waals surface area contributed by atoms with Gasteiger partial charge in [0.1, 0.15) is 11.6 Å². The Balaban J connectivity index is 1.11. The summed E-state index contributed by atoms with van der Waals surface area (Å²) in [6.07, 6.45) is 2.39. The number of nitrogens with one attached hydrogen (secondary N) is 2. The lowest BCUT2D eigenvalue weighted by Crippen LogP contribution is -2.50. The highest BCUT2D eigenvalue weighted by atomic mass is 16.6. The molecule has 1 aromatic heterocycles. The number of alkyl carbamates (subject to hydrolysis) is 1. The molecule has 2 aliphatic heterocycles. The molecule has 230 valence electrons. The summed E-state index contributed by atoms with van der Waals surface area (Å²) in [5, 5.41) is 5.20. The van der Waals surface area contributed by atoms with Crippen LogP contribution in [0, 0.1) is 5.92 Å². The van der Waals surface area contributed by atoms with Crippen molar-refractivity contribution < 1.29 is 23.9 Å². The third kappa shape index (κ3) is 6.64. The Kier molecular flexibility index (Phi) is 8.66. The monoisotopic (exact) mass is 584 g/mol. The van der Waals surface area contributed by atoms with Crippen LogP contribution in [0.2, 0.25) is 0 Å². The summed E-state index contributed by atoms with van der Waals surface area (Å²) in [7, 11) is 1.75. The Labute approximate surface area is 246 Å². The number of anilines is 1. The number of piperazine rings is 1. The van der Waals surface area contributed by atoms with Gasteiger partial charge in [-0.25, -0.2) is 9.59 Å². The fourth-order valence-electron chi connectivity index (χ4n) is 6.23. The Morgan fingerprint density at radius 3 is 2.50 bits per heavy atom. The maximum Gasteiger partial charge on any atom is 0.407 e. The van der Waals surface area contributed by atoms with Gasteiger partial charge in [-0.2, -0.15) is 0 Å². The van der Waals surface area contributed by atoms with Crippen molar-refractivity contribution in [2.45, 2.75) is 77.2 Å². The van der Waals surface area contributed by atoms with E-state index in [0.717, 1.165) is 56.8 Å². The Bertz CT molecular complexity index is 1380. The number of benzene rings is 1. The van der Waals surface area contributed by atoms with Gasteiger partial charge in [-0.05, 0) is 65.0 Å². The second-order valence-electron chi connectivity index (χ2n) is 13.0. The van der Waals surface area contributed by atoms with E-state index >= 15 is 0 Å². The number of aromatic nitrogens is 2. The number of piperidine rings is 1. The Hall–Kier alpha value is -3.38. The van der Waals surface area contributed by atoms with Crippen LogP contribution in [0.3, 0.4) is 0 Å².